The van der Waals surface area contributed by atoms with E-state index in [2.05, 4.69) is 30.2 Å². The number of pyridine rings is 1. The predicted molar refractivity (Wildman–Crippen MR) is 127 cm³/mol. The first-order valence-electron chi connectivity index (χ1n) is 11.5. The Kier molecular flexibility index (Phi) is 7.25. The summed E-state index contributed by atoms with van der Waals surface area (Å²) in [6, 6.07) is 10.2. The van der Waals surface area contributed by atoms with Gasteiger partial charge >= 0.3 is 0 Å². The molecule has 0 bridgehead atoms. The fraction of sp³-hybridized carbons (Fsp3) is 0.375. The molecule has 10 heteroatoms. The lowest BCUT2D eigenvalue weighted by Crippen LogP contribution is -2.30. The second kappa shape index (κ2) is 10.9. The Balaban J connectivity index is 1.24. The molecule has 1 aromatic carbocycles. The van der Waals surface area contributed by atoms with Crippen LogP contribution in [0, 0.1) is 5.82 Å². The van der Waals surface area contributed by atoms with Gasteiger partial charge in [0, 0.05) is 35.8 Å². The summed E-state index contributed by atoms with van der Waals surface area (Å²) in [5.74, 6) is 2.63. The molecule has 0 radical (unpaired) electrons. The summed E-state index contributed by atoms with van der Waals surface area (Å²) in [5.41, 5.74) is 1.76. The molecule has 1 aliphatic rings. The smallest absolute Gasteiger partial charge is 0.226 e. The van der Waals surface area contributed by atoms with Crippen LogP contribution in [0.5, 0.6) is 0 Å². The van der Waals surface area contributed by atoms with Gasteiger partial charge in [-0.05, 0) is 68.8 Å². The van der Waals surface area contributed by atoms with E-state index in [0.29, 0.717) is 18.1 Å². The van der Waals surface area contributed by atoms with Crippen LogP contribution in [0.4, 0.5) is 4.39 Å². The largest absolute Gasteiger partial charge is 0.339 e. The van der Waals surface area contributed by atoms with Gasteiger partial charge in [-0.2, -0.15) is 4.98 Å². The predicted octanol–water partition coefficient (Wildman–Crippen LogP) is 4.56. The maximum absolute atomic E-state index is 13.5. The zero-order valence-electron chi connectivity index (χ0n) is 18.8. The number of likely N-dealkylation sites (tertiary alicyclic amines) is 1. The lowest BCUT2D eigenvalue weighted by molar-refractivity contribution is 0.214. The Bertz CT molecular complexity index is 1190. The van der Waals surface area contributed by atoms with Gasteiger partial charge in [0.2, 0.25) is 11.7 Å². The van der Waals surface area contributed by atoms with Gasteiger partial charge < -0.3 is 4.52 Å². The van der Waals surface area contributed by atoms with Crippen LogP contribution in [0.3, 0.4) is 0 Å². The first kappa shape index (κ1) is 22.7. The number of benzene rings is 1. The average molecular weight is 480 g/mol. The highest BCUT2D eigenvalue weighted by Gasteiger charge is 2.19. The molecule has 176 valence electrons. The van der Waals surface area contributed by atoms with Crippen LogP contribution in [-0.4, -0.2) is 53.6 Å². The zero-order chi connectivity index (χ0) is 23.2. The summed E-state index contributed by atoms with van der Waals surface area (Å²) in [7, 11) is 0. The number of rotatable bonds is 9. The molecule has 5 rings (SSSR count). The van der Waals surface area contributed by atoms with Crippen LogP contribution >= 0.6 is 11.8 Å². The molecule has 0 amide bonds. The maximum Gasteiger partial charge on any atom is 0.226 e. The number of hydrogen-bond acceptors (Lipinski definition) is 8. The molecule has 0 atom stereocenters. The molecule has 0 spiro atoms. The van der Waals surface area contributed by atoms with Crippen molar-refractivity contribution in [2.75, 3.05) is 18.8 Å². The highest BCUT2D eigenvalue weighted by molar-refractivity contribution is 7.99. The average Bonchev–Trinajstić information content (AvgIpc) is 3.51. The Morgan fingerprint density at radius 3 is 2.56 bits per heavy atom. The topological polar surface area (TPSA) is 85.8 Å². The van der Waals surface area contributed by atoms with E-state index in [1.54, 1.807) is 36.3 Å². The van der Waals surface area contributed by atoms with Gasteiger partial charge in [0.05, 0.1) is 6.54 Å². The molecule has 4 aromatic rings. The third kappa shape index (κ3) is 5.51. The molecule has 1 aliphatic heterocycles. The van der Waals surface area contributed by atoms with Gasteiger partial charge in [0.1, 0.15) is 5.82 Å². The van der Waals surface area contributed by atoms with Crippen molar-refractivity contribution in [1.82, 2.24) is 34.8 Å². The Hall–Kier alpha value is -3.11. The highest BCUT2D eigenvalue weighted by atomic mass is 32.2. The second-order valence-electron chi connectivity index (χ2n) is 8.25. The van der Waals surface area contributed by atoms with Crippen molar-refractivity contribution in [1.29, 1.82) is 0 Å². The Morgan fingerprint density at radius 2 is 1.76 bits per heavy atom. The number of thioether (sulfide) groups is 1. The lowest BCUT2D eigenvalue weighted by Gasteiger charge is -2.26. The molecule has 0 unspecified atom stereocenters. The number of piperidine rings is 1. The standard InChI is InChI=1S/C24H26FN7OS/c25-19-6-8-20(9-7-19)32-21(17-31-14-2-1-3-15-31)28-29-24(32)34-16-4-5-22-27-23(30-33-22)18-10-12-26-13-11-18/h6-13H,1-5,14-17H2. The Labute approximate surface area is 201 Å². The molecule has 0 aliphatic carbocycles. The lowest BCUT2D eigenvalue weighted by atomic mass is 10.1. The van der Waals surface area contributed by atoms with Gasteiger partial charge in [-0.15, -0.1) is 10.2 Å². The first-order chi connectivity index (χ1) is 16.8. The molecule has 4 heterocycles. The molecule has 1 fully saturated rings. The first-order valence-corrected chi connectivity index (χ1v) is 12.5. The molecule has 34 heavy (non-hydrogen) atoms. The zero-order valence-corrected chi connectivity index (χ0v) is 19.6. The van der Waals surface area contributed by atoms with Gasteiger partial charge in [-0.25, -0.2) is 4.39 Å². The van der Waals surface area contributed by atoms with Crippen LogP contribution < -0.4 is 0 Å². The fourth-order valence-electron chi connectivity index (χ4n) is 4.02. The summed E-state index contributed by atoms with van der Waals surface area (Å²) in [6.45, 7) is 2.89. The van der Waals surface area contributed by atoms with Crippen molar-refractivity contribution in [2.45, 2.75) is 43.8 Å². The van der Waals surface area contributed by atoms with Gasteiger partial charge in [0.25, 0.3) is 0 Å². The summed E-state index contributed by atoms with van der Waals surface area (Å²) in [4.78, 5) is 10.9. The summed E-state index contributed by atoms with van der Waals surface area (Å²) < 4.78 is 21.0. The minimum absolute atomic E-state index is 0.255. The van der Waals surface area contributed by atoms with E-state index in [1.807, 2.05) is 16.7 Å². The Morgan fingerprint density at radius 1 is 0.971 bits per heavy atom. The van der Waals surface area contributed by atoms with E-state index in [9.17, 15) is 4.39 Å². The minimum atomic E-state index is -0.255. The number of nitrogens with zero attached hydrogens (tertiary/aromatic N) is 7. The van der Waals surface area contributed by atoms with Crippen LogP contribution in [0.1, 0.15) is 37.4 Å². The van der Waals surface area contributed by atoms with Crippen LogP contribution in [0.15, 0.2) is 58.5 Å². The highest BCUT2D eigenvalue weighted by Crippen LogP contribution is 2.25. The molecule has 8 nitrogen and oxygen atoms in total. The molecule has 1 saturated heterocycles. The van der Waals surface area contributed by atoms with Crippen LogP contribution in [-0.2, 0) is 13.0 Å². The van der Waals surface area contributed by atoms with E-state index in [1.165, 1.54) is 31.4 Å². The molecule has 0 saturated carbocycles. The van der Waals surface area contributed by atoms with Crippen LogP contribution in [0.25, 0.3) is 17.1 Å². The number of hydrogen-bond donors (Lipinski definition) is 0. The third-order valence-electron chi connectivity index (χ3n) is 5.77. The molecular formula is C24H26FN7OS. The van der Waals surface area contributed by atoms with E-state index >= 15 is 0 Å². The minimum Gasteiger partial charge on any atom is -0.339 e. The summed E-state index contributed by atoms with van der Waals surface area (Å²) in [6.07, 6.45) is 8.65. The maximum atomic E-state index is 13.5. The SMILES string of the molecule is Fc1ccc(-n2c(CN3CCCCC3)nnc2SCCCc2nc(-c3ccncc3)no2)cc1. The van der Waals surface area contributed by atoms with E-state index in [4.69, 9.17) is 4.52 Å². The van der Waals surface area contributed by atoms with Crippen molar-refractivity contribution in [2.24, 2.45) is 0 Å². The summed E-state index contributed by atoms with van der Waals surface area (Å²) >= 11 is 1.63. The third-order valence-corrected chi connectivity index (χ3v) is 6.79. The normalized spacial score (nSPS) is 14.5. The van der Waals surface area contributed by atoms with E-state index in [0.717, 1.165) is 54.0 Å². The van der Waals surface area contributed by atoms with Gasteiger partial charge in [0.15, 0.2) is 11.0 Å². The van der Waals surface area contributed by atoms with Crippen molar-refractivity contribution in [3.63, 3.8) is 0 Å². The van der Waals surface area contributed by atoms with Crippen molar-refractivity contribution >= 4 is 11.8 Å². The monoisotopic (exact) mass is 479 g/mol. The second-order valence-corrected chi connectivity index (χ2v) is 9.31. The molecule has 3 aromatic heterocycles. The molecular weight excluding hydrogens is 453 g/mol. The number of halogens is 1. The molecule has 0 N–H and O–H groups in total. The van der Waals surface area contributed by atoms with Gasteiger partial charge in [-0.1, -0.05) is 23.3 Å². The van der Waals surface area contributed by atoms with E-state index in [-0.39, 0.29) is 5.82 Å². The van der Waals surface area contributed by atoms with Crippen molar-refractivity contribution in [3.05, 3.63) is 66.3 Å². The van der Waals surface area contributed by atoms with Crippen molar-refractivity contribution < 1.29 is 8.91 Å². The fourth-order valence-corrected chi connectivity index (χ4v) is 4.93. The number of aryl methyl sites for hydroxylation is 1. The van der Waals surface area contributed by atoms with Gasteiger partial charge in [-0.3, -0.25) is 14.5 Å². The quantitative estimate of drug-likeness (QED) is 0.255. The van der Waals surface area contributed by atoms with E-state index < -0.39 is 0 Å². The number of aromatic nitrogens is 6. The summed E-state index contributed by atoms with van der Waals surface area (Å²) in [5, 5.41) is 13.8. The van der Waals surface area contributed by atoms with Crippen molar-refractivity contribution in [3.8, 4) is 17.1 Å². The van der Waals surface area contributed by atoms with Crippen LogP contribution in [0.2, 0.25) is 0 Å².